The molecule has 0 unspecified atom stereocenters. The number of nitrogens with zero attached hydrogens (tertiary/aromatic N) is 3. The van der Waals surface area contributed by atoms with E-state index in [1.54, 1.807) is 6.20 Å². The van der Waals surface area contributed by atoms with E-state index in [0.29, 0.717) is 17.3 Å². The van der Waals surface area contributed by atoms with Crippen molar-refractivity contribution in [3.8, 4) is 0 Å². The molecule has 0 radical (unpaired) electrons. The van der Waals surface area contributed by atoms with E-state index in [0.717, 1.165) is 30.7 Å². The van der Waals surface area contributed by atoms with Crippen LogP contribution in [-0.4, -0.2) is 26.5 Å². The Morgan fingerprint density at radius 2 is 1.78 bits per heavy atom. The Hall–Kier alpha value is -2.69. The highest BCUT2D eigenvalue weighted by Crippen LogP contribution is 2.25. The summed E-state index contributed by atoms with van der Waals surface area (Å²) >= 11 is 0. The molecule has 1 aliphatic rings. The fraction of sp³-hybridized carbons (Fsp3) is 0.409. The third-order valence-electron chi connectivity index (χ3n) is 5.56. The number of carbonyl (C=O) groups is 1. The quantitative estimate of drug-likeness (QED) is 0.769. The highest BCUT2D eigenvalue weighted by atomic mass is 16.1. The van der Waals surface area contributed by atoms with Gasteiger partial charge in [0.25, 0.3) is 5.91 Å². The maximum Gasteiger partial charge on any atom is 0.256 e. The zero-order chi connectivity index (χ0) is 19.3. The fourth-order valence-corrected chi connectivity index (χ4v) is 3.88. The van der Waals surface area contributed by atoms with Crippen LogP contribution in [0.1, 0.15) is 62.4 Å². The van der Waals surface area contributed by atoms with Crippen LogP contribution >= 0.6 is 0 Å². The van der Waals surface area contributed by atoms with E-state index in [4.69, 9.17) is 4.98 Å². The summed E-state index contributed by atoms with van der Waals surface area (Å²) in [4.78, 5) is 17.2. The van der Waals surface area contributed by atoms with Gasteiger partial charge in [-0.05, 0) is 69.7 Å². The number of aromatic nitrogens is 3. The van der Waals surface area contributed by atoms with Crippen molar-refractivity contribution in [1.82, 2.24) is 19.9 Å². The topological polar surface area (TPSA) is 59.3 Å². The van der Waals surface area contributed by atoms with Crippen molar-refractivity contribution in [2.75, 3.05) is 0 Å². The highest BCUT2D eigenvalue weighted by molar-refractivity contribution is 6.00. The Morgan fingerprint density at radius 1 is 1.11 bits per heavy atom. The standard InChI is InChI=1S/C22H26N4O/c1-12-8-13(2)18(14(3)9-12)10-19-15(4)24-21-20(11-23-26(21)16(19)5)22(27)25-17-6-7-17/h8-9,11,17H,6-7,10H2,1-5H3,(H,25,27). The highest BCUT2D eigenvalue weighted by Gasteiger charge is 2.26. The lowest BCUT2D eigenvalue weighted by Crippen LogP contribution is -2.25. The predicted molar refractivity (Wildman–Crippen MR) is 106 cm³/mol. The molecule has 1 amide bonds. The molecule has 2 aromatic heterocycles. The second-order valence-electron chi connectivity index (χ2n) is 7.86. The number of hydrogen-bond donors (Lipinski definition) is 1. The largest absolute Gasteiger partial charge is 0.349 e. The Kier molecular flexibility index (Phi) is 4.25. The maximum atomic E-state index is 12.5. The van der Waals surface area contributed by atoms with Crippen LogP contribution in [0.4, 0.5) is 0 Å². The maximum absolute atomic E-state index is 12.5. The van der Waals surface area contributed by atoms with Gasteiger partial charge in [0.2, 0.25) is 0 Å². The number of aryl methyl sites for hydroxylation is 5. The molecular weight excluding hydrogens is 336 g/mol. The molecular formula is C22H26N4O. The average Bonchev–Trinajstić information content (AvgIpc) is 3.29. The molecule has 140 valence electrons. The molecule has 2 heterocycles. The van der Waals surface area contributed by atoms with Gasteiger partial charge in [0, 0.05) is 23.9 Å². The summed E-state index contributed by atoms with van der Waals surface area (Å²) < 4.78 is 1.81. The predicted octanol–water partition coefficient (Wildman–Crippen LogP) is 3.75. The van der Waals surface area contributed by atoms with Crippen molar-refractivity contribution in [1.29, 1.82) is 0 Å². The molecule has 5 nitrogen and oxygen atoms in total. The van der Waals surface area contributed by atoms with Crippen molar-refractivity contribution >= 4 is 11.6 Å². The van der Waals surface area contributed by atoms with Gasteiger partial charge in [0.15, 0.2) is 5.65 Å². The zero-order valence-electron chi connectivity index (χ0n) is 16.7. The molecule has 5 heteroatoms. The van der Waals surface area contributed by atoms with Crippen LogP contribution in [0.5, 0.6) is 0 Å². The molecule has 1 aliphatic carbocycles. The third kappa shape index (κ3) is 3.22. The van der Waals surface area contributed by atoms with Gasteiger partial charge in [-0.15, -0.1) is 0 Å². The van der Waals surface area contributed by atoms with Crippen molar-refractivity contribution in [3.63, 3.8) is 0 Å². The SMILES string of the molecule is Cc1cc(C)c(Cc2c(C)nc3c(C(=O)NC4CC4)cnn3c2C)c(C)c1. The summed E-state index contributed by atoms with van der Waals surface area (Å²) in [5.74, 6) is -0.0724. The van der Waals surface area contributed by atoms with E-state index in [-0.39, 0.29) is 5.91 Å². The van der Waals surface area contributed by atoms with Crippen LogP contribution in [0.25, 0.3) is 5.65 Å². The summed E-state index contributed by atoms with van der Waals surface area (Å²) in [7, 11) is 0. The third-order valence-corrected chi connectivity index (χ3v) is 5.56. The molecule has 4 rings (SSSR count). The zero-order valence-corrected chi connectivity index (χ0v) is 16.7. The number of carbonyl (C=O) groups excluding carboxylic acids is 1. The average molecular weight is 362 g/mol. The van der Waals surface area contributed by atoms with E-state index in [2.05, 4.69) is 50.2 Å². The Labute approximate surface area is 159 Å². The first-order valence-corrected chi connectivity index (χ1v) is 9.56. The number of benzene rings is 1. The van der Waals surface area contributed by atoms with Crippen LogP contribution in [0.2, 0.25) is 0 Å². The van der Waals surface area contributed by atoms with Crippen molar-refractivity contribution < 1.29 is 4.79 Å². The number of fused-ring (bicyclic) bond motifs is 1. The molecule has 0 saturated heterocycles. The fourth-order valence-electron chi connectivity index (χ4n) is 3.88. The minimum absolute atomic E-state index is 0.0724. The van der Waals surface area contributed by atoms with Crippen molar-refractivity contribution in [3.05, 3.63) is 63.1 Å². The lowest BCUT2D eigenvalue weighted by Gasteiger charge is -2.15. The minimum atomic E-state index is -0.0724. The minimum Gasteiger partial charge on any atom is -0.349 e. The van der Waals surface area contributed by atoms with E-state index >= 15 is 0 Å². The lowest BCUT2D eigenvalue weighted by atomic mass is 9.93. The number of hydrogen-bond acceptors (Lipinski definition) is 3. The van der Waals surface area contributed by atoms with Gasteiger partial charge in [0.05, 0.1) is 6.20 Å². The van der Waals surface area contributed by atoms with Crippen LogP contribution in [0.3, 0.4) is 0 Å². The van der Waals surface area contributed by atoms with Crippen LogP contribution in [-0.2, 0) is 6.42 Å². The molecule has 1 N–H and O–H groups in total. The number of nitrogens with one attached hydrogen (secondary N) is 1. The van der Waals surface area contributed by atoms with E-state index < -0.39 is 0 Å². The molecule has 0 aliphatic heterocycles. The second-order valence-corrected chi connectivity index (χ2v) is 7.86. The van der Waals surface area contributed by atoms with Crippen LogP contribution in [0.15, 0.2) is 18.3 Å². The Morgan fingerprint density at radius 3 is 2.41 bits per heavy atom. The monoisotopic (exact) mass is 362 g/mol. The van der Waals surface area contributed by atoms with Crippen LogP contribution < -0.4 is 5.32 Å². The molecule has 1 saturated carbocycles. The molecule has 0 spiro atoms. The molecule has 0 bridgehead atoms. The van der Waals surface area contributed by atoms with E-state index in [1.165, 1.54) is 27.8 Å². The molecule has 1 fully saturated rings. The Balaban J connectivity index is 1.75. The van der Waals surface area contributed by atoms with Gasteiger partial charge in [-0.2, -0.15) is 5.10 Å². The molecule has 27 heavy (non-hydrogen) atoms. The second kappa shape index (κ2) is 6.48. The summed E-state index contributed by atoms with van der Waals surface area (Å²) in [5.41, 5.74) is 9.61. The first-order valence-electron chi connectivity index (χ1n) is 9.56. The smallest absolute Gasteiger partial charge is 0.256 e. The van der Waals surface area contributed by atoms with Gasteiger partial charge in [-0.25, -0.2) is 9.50 Å². The normalized spacial score (nSPS) is 14.0. The summed E-state index contributed by atoms with van der Waals surface area (Å²) in [6.07, 6.45) is 4.59. The van der Waals surface area contributed by atoms with Gasteiger partial charge < -0.3 is 5.32 Å². The van der Waals surface area contributed by atoms with Crippen LogP contribution in [0, 0.1) is 34.6 Å². The molecule has 3 aromatic rings. The number of rotatable bonds is 4. The molecule has 1 aromatic carbocycles. The lowest BCUT2D eigenvalue weighted by molar-refractivity contribution is 0.0952. The summed E-state index contributed by atoms with van der Waals surface area (Å²) in [6.45, 7) is 10.6. The Bertz CT molecular complexity index is 1040. The van der Waals surface area contributed by atoms with E-state index in [9.17, 15) is 4.79 Å². The van der Waals surface area contributed by atoms with Gasteiger partial charge in [-0.1, -0.05) is 17.7 Å². The van der Waals surface area contributed by atoms with Crippen molar-refractivity contribution in [2.24, 2.45) is 0 Å². The first kappa shape index (κ1) is 17.7. The van der Waals surface area contributed by atoms with Gasteiger partial charge in [0.1, 0.15) is 5.56 Å². The first-order chi connectivity index (χ1) is 12.8. The summed E-state index contributed by atoms with van der Waals surface area (Å²) in [6, 6.07) is 4.78. The van der Waals surface area contributed by atoms with Gasteiger partial charge >= 0.3 is 0 Å². The molecule has 0 atom stereocenters. The number of amides is 1. The van der Waals surface area contributed by atoms with E-state index in [1.807, 2.05) is 11.4 Å². The van der Waals surface area contributed by atoms with Gasteiger partial charge in [-0.3, -0.25) is 4.79 Å². The van der Waals surface area contributed by atoms with Crippen molar-refractivity contribution in [2.45, 2.75) is 59.9 Å². The summed E-state index contributed by atoms with van der Waals surface area (Å²) in [5, 5.41) is 7.49.